The van der Waals surface area contributed by atoms with Gasteiger partial charge in [0.1, 0.15) is 0 Å². The average Bonchev–Trinajstić information content (AvgIpc) is 1.46. The Bertz CT molecular complexity index is 5560. The maximum absolute atomic E-state index is 2.59. The molecule has 0 N–H and O–H groups in total. The van der Waals surface area contributed by atoms with E-state index in [1.54, 1.807) is 0 Å². The predicted molar refractivity (Wildman–Crippen MR) is 377 cm³/mol. The summed E-state index contributed by atoms with van der Waals surface area (Å²) in [4.78, 5) is 0. The fourth-order valence-corrected chi connectivity index (χ4v) is 16.4. The molecule has 2 aliphatic carbocycles. The molecule has 0 atom stereocenters. The molecule has 0 nitrogen and oxygen atoms in total. The van der Waals surface area contributed by atoms with E-state index in [0.717, 1.165) is 0 Å². The Hall–Kier alpha value is -10.7. The smallest absolute Gasteiger partial charge is 0.0159 e. The van der Waals surface area contributed by atoms with Crippen molar-refractivity contribution < 1.29 is 0 Å². The normalized spacial score (nSPS) is 13.6. The van der Waals surface area contributed by atoms with E-state index < -0.39 is 0 Å². The fraction of sp³-hybridized carbons (Fsp3) is 0.0682. The lowest BCUT2D eigenvalue weighted by atomic mass is 9.66. The average molecular weight is 1120 g/mol. The summed E-state index contributed by atoms with van der Waals surface area (Å²) in [6.07, 6.45) is 0. The van der Waals surface area contributed by atoms with Gasteiger partial charge in [-0.3, -0.25) is 0 Å². The molecule has 0 amide bonds. The first-order valence-electron chi connectivity index (χ1n) is 31.2. The molecule has 2 aliphatic rings. The first-order valence-corrected chi connectivity index (χ1v) is 31.2. The molecule has 0 fully saturated rings. The molecule has 0 bridgehead atoms. The summed E-state index contributed by atoms with van der Waals surface area (Å²) in [6, 6.07) is 110. The van der Waals surface area contributed by atoms with Gasteiger partial charge in [-0.15, -0.1) is 0 Å². The predicted octanol–water partition coefficient (Wildman–Crippen LogP) is 24.4. The van der Waals surface area contributed by atoms with Gasteiger partial charge in [0, 0.05) is 10.8 Å². The standard InChI is InChI=1S/C88H60/c1-87(2)77-45-23-44-75-85-74-49-47-56(82-68-36-15-19-40-72(68)84(73-41-20-16-37-69(73)82)65-33-12-10-31-62(65)60-43-22-27-54-25-6-8-29-58(54)60)51-79(74)88(3,4)80(85)52-76(86(75)77)63-48-46-55(50-78(63)87)81-66-34-13-17-38-70(66)83(71-39-18-14-35-67(71)81)64-32-11-9-30-61(64)59-42-21-26-53-24-5-7-28-57(53)59/h5-52H,1-4H3. The Kier molecular flexibility index (Phi) is 10.9. The molecule has 18 rings (SSSR count). The molecule has 16 aromatic rings. The minimum atomic E-state index is -0.292. The third-order valence-corrected chi connectivity index (χ3v) is 20.4. The molecule has 0 aliphatic heterocycles. The lowest BCUT2D eigenvalue weighted by Crippen LogP contribution is -2.24. The number of hydrogen-bond donors (Lipinski definition) is 0. The van der Waals surface area contributed by atoms with E-state index in [-0.39, 0.29) is 10.8 Å². The highest BCUT2D eigenvalue weighted by Crippen LogP contribution is 2.59. The maximum atomic E-state index is 2.59. The molecule has 0 saturated heterocycles. The van der Waals surface area contributed by atoms with E-state index in [2.05, 4.69) is 319 Å². The van der Waals surface area contributed by atoms with Crippen molar-refractivity contribution in [1.29, 1.82) is 0 Å². The van der Waals surface area contributed by atoms with Crippen LogP contribution in [0.3, 0.4) is 0 Å². The summed E-state index contributed by atoms with van der Waals surface area (Å²) >= 11 is 0. The zero-order valence-corrected chi connectivity index (χ0v) is 49.7. The van der Waals surface area contributed by atoms with Crippen LogP contribution in [0.5, 0.6) is 0 Å². The van der Waals surface area contributed by atoms with Crippen molar-refractivity contribution in [1.82, 2.24) is 0 Å². The van der Waals surface area contributed by atoms with Gasteiger partial charge in [-0.05, 0) is 205 Å². The second-order valence-electron chi connectivity index (χ2n) is 25.7. The molecule has 0 heteroatoms. The second-order valence-corrected chi connectivity index (χ2v) is 25.7. The van der Waals surface area contributed by atoms with Gasteiger partial charge in [0.2, 0.25) is 0 Å². The van der Waals surface area contributed by atoms with Crippen LogP contribution in [0, 0.1) is 0 Å². The SMILES string of the molecule is CC1(C)c2cc(-c3c4ccccc4c(-c4ccccc4-c4cccc5ccccc45)c4ccccc34)ccc2-c2c1cc1c3c(cccc23)C(C)(C)c2cc(-c3c4ccccc4c(-c4ccccc4-c4cccc5ccccc45)c4ccccc34)ccc2-1. The van der Waals surface area contributed by atoms with E-state index in [9.17, 15) is 0 Å². The van der Waals surface area contributed by atoms with Crippen molar-refractivity contribution in [3.63, 3.8) is 0 Å². The van der Waals surface area contributed by atoms with E-state index in [1.165, 1.54) is 187 Å². The zero-order chi connectivity index (χ0) is 58.6. The van der Waals surface area contributed by atoms with Crippen LogP contribution in [0.2, 0.25) is 0 Å². The van der Waals surface area contributed by atoms with Crippen LogP contribution in [-0.4, -0.2) is 0 Å². The fourth-order valence-electron chi connectivity index (χ4n) is 16.4. The topological polar surface area (TPSA) is 0 Å². The highest BCUT2D eigenvalue weighted by molar-refractivity contribution is 6.25. The zero-order valence-electron chi connectivity index (χ0n) is 49.7. The van der Waals surface area contributed by atoms with Crippen LogP contribution in [0.25, 0.3) is 164 Å². The van der Waals surface area contributed by atoms with Gasteiger partial charge < -0.3 is 0 Å². The minimum Gasteiger partial charge on any atom is -0.0616 e. The van der Waals surface area contributed by atoms with Gasteiger partial charge in [-0.2, -0.15) is 0 Å². The Morgan fingerprint density at radius 1 is 0.182 bits per heavy atom. The van der Waals surface area contributed by atoms with Gasteiger partial charge in [-0.1, -0.05) is 301 Å². The van der Waals surface area contributed by atoms with Crippen molar-refractivity contribution in [2.45, 2.75) is 38.5 Å². The van der Waals surface area contributed by atoms with Crippen molar-refractivity contribution in [3.8, 4) is 89.0 Å². The molecule has 0 spiro atoms. The number of benzene rings is 16. The van der Waals surface area contributed by atoms with Crippen LogP contribution in [-0.2, 0) is 10.8 Å². The van der Waals surface area contributed by atoms with Crippen LogP contribution in [0.1, 0.15) is 49.9 Å². The third-order valence-electron chi connectivity index (χ3n) is 20.4. The van der Waals surface area contributed by atoms with E-state index in [0.29, 0.717) is 0 Å². The molecule has 0 unspecified atom stereocenters. The number of fused-ring (bicyclic) bond motifs is 12. The highest BCUT2D eigenvalue weighted by atomic mass is 14.4. The summed E-state index contributed by atoms with van der Waals surface area (Å²) in [5.41, 5.74) is 25.4. The van der Waals surface area contributed by atoms with E-state index in [1.807, 2.05) is 0 Å². The van der Waals surface area contributed by atoms with Crippen LogP contribution in [0.4, 0.5) is 0 Å². The minimum absolute atomic E-state index is 0.289. The van der Waals surface area contributed by atoms with Crippen molar-refractivity contribution in [2.75, 3.05) is 0 Å². The quantitative estimate of drug-likeness (QED) is 0.146. The van der Waals surface area contributed by atoms with Gasteiger partial charge in [0.05, 0.1) is 0 Å². The molecule has 0 heterocycles. The van der Waals surface area contributed by atoms with E-state index >= 15 is 0 Å². The van der Waals surface area contributed by atoms with Gasteiger partial charge >= 0.3 is 0 Å². The maximum Gasteiger partial charge on any atom is 0.0159 e. The molecule has 16 aromatic carbocycles. The largest absolute Gasteiger partial charge is 0.0616 e. The lowest BCUT2D eigenvalue weighted by Gasteiger charge is -2.36. The van der Waals surface area contributed by atoms with Gasteiger partial charge in [0.25, 0.3) is 0 Å². The van der Waals surface area contributed by atoms with Crippen LogP contribution >= 0.6 is 0 Å². The lowest BCUT2D eigenvalue weighted by molar-refractivity contribution is 0.644. The highest BCUT2D eigenvalue weighted by Gasteiger charge is 2.41. The molecular weight excluding hydrogens is 1060 g/mol. The molecular formula is C88H60. The summed E-state index contributed by atoms with van der Waals surface area (Å²) < 4.78 is 0. The summed E-state index contributed by atoms with van der Waals surface area (Å²) in [5, 5.41) is 17.8. The Balaban J connectivity index is 0.789. The monoisotopic (exact) mass is 1120 g/mol. The molecule has 88 heavy (non-hydrogen) atoms. The first-order chi connectivity index (χ1) is 43.2. The summed E-state index contributed by atoms with van der Waals surface area (Å²) in [5.74, 6) is 0. The summed E-state index contributed by atoms with van der Waals surface area (Å²) in [6.45, 7) is 9.84. The Labute approximate surface area is 513 Å². The van der Waals surface area contributed by atoms with Gasteiger partial charge in [-0.25, -0.2) is 0 Å². The second kappa shape index (κ2) is 18.9. The molecule has 0 aromatic heterocycles. The Morgan fingerprint density at radius 2 is 0.511 bits per heavy atom. The Morgan fingerprint density at radius 3 is 0.977 bits per heavy atom. The first kappa shape index (κ1) is 50.6. The van der Waals surface area contributed by atoms with Crippen molar-refractivity contribution >= 4 is 75.4 Å². The number of rotatable bonds is 6. The number of hydrogen-bond acceptors (Lipinski definition) is 0. The van der Waals surface area contributed by atoms with Crippen LogP contribution in [0.15, 0.2) is 291 Å². The van der Waals surface area contributed by atoms with Crippen molar-refractivity contribution in [2.24, 2.45) is 0 Å². The van der Waals surface area contributed by atoms with Gasteiger partial charge in [0.15, 0.2) is 0 Å². The van der Waals surface area contributed by atoms with Crippen molar-refractivity contribution in [3.05, 3.63) is 313 Å². The van der Waals surface area contributed by atoms with E-state index in [4.69, 9.17) is 0 Å². The molecule has 0 radical (unpaired) electrons. The third kappa shape index (κ3) is 7.15. The molecule has 412 valence electrons. The van der Waals surface area contributed by atoms with Crippen LogP contribution < -0.4 is 0 Å². The summed E-state index contributed by atoms with van der Waals surface area (Å²) in [7, 11) is 0. The molecule has 0 saturated carbocycles.